The number of hydrogen-bond donors (Lipinski definition) is 1. The Labute approximate surface area is 106 Å². The van der Waals surface area contributed by atoms with Crippen molar-refractivity contribution in [3.63, 3.8) is 0 Å². The monoisotopic (exact) mass is 249 g/mol. The molecule has 1 heterocycles. The summed E-state index contributed by atoms with van der Waals surface area (Å²) in [5, 5.41) is 0. The highest BCUT2D eigenvalue weighted by molar-refractivity contribution is 7.12. The normalized spacial score (nSPS) is 11.4. The SMILES string of the molecule is CC(C)c1[nH]sc2ccccc2oc1C(C)C. The number of aromatic amines is 1. The van der Waals surface area contributed by atoms with Gasteiger partial charge in [-0.25, -0.2) is 0 Å². The smallest absolute Gasteiger partial charge is 0.145 e. The van der Waals surface area contributed by atoms with E-state index in [4.69, 9.17) is 4.42 Å². The molecule has 0 amide bonds. The molecule has 0 spiro atoms. The molecule has 0 fully saturated rings. The lowest BCUT2D eigenvalue weighted by molar-refractivity contribution is 0.495. The van der Waals surface area contributed by atoms with Crippen molar-refractivity contribution in [3.8, 4) is 0 Å². The fraction of sp³-hybridized carbons (Fsp3) is 0.429. The summed E-state index contributed by atoms with van der Waals surface area (Å²) in [7, 11) is 0. The molecule has 1 N–H and O–H groups in total. The molecule has 2 aromatic rings. The van der Waals surface area contributed by atoms with Crippen molar-refractivity contribution in [1.29, 1.82) is 0 Å². The molecule has 0 saturated carbocycles. The van der Waals surface area contributed by atoms with E-state index in [-0.39, 0.29) is 0 Å². The van der Waals surface area contributed by atoms with Gasteiger partial charge in [0.25, 0.3) is 0 Å². The zero-order valence-electron chi connectivity index (χ0n) is 10.8. The highest BCUT2D eigenvalue weighted by Crippen LogP contribution is 2.27. The molecule has 1 aromatic carbocycles. The predicted molar refractivity (Wildman–Crippen MR) is 74.2 cm³/mol. The van der Waals surface area contributed by atoms with Crippen LogP contribution in [0.2, 0.25) is 0 Å². The van der Waals surface area contributed by atoms with E-state index >= 15 is 0 Å². The first-order valence-corrected chi connectivity index (χ1v) is 6.85. The maximum absolute atomic E-state index is 6.09. The van der Waals surface area contributed by atoms with Gasteiger partial charge in [0.2, 0.25) is 0 Å². The number of nitrogens with one attached hydrogen (secondary N) is 1. The van der Waals surface area contributed by atoms with E-state index in [0.717, 1.165) is 16.0 Å². The van der Waals surface area contributed by atoms with E-state index in [2.05, 4.69) is 38.1 Å². The minimum atomic E-state index is 0.381. The lowest BCUT2D eigenvalue weighted by Gasteiger charge is -2.10. The fourth-order valence-electron chi connectivity index (χ4n) is 1.78. The first-order chi connectivity index (χ1) is 8.09. The van der Waals surface area contributed by atoms with Gasteiger partial charge in [0.05, 0.1) is 10.4 Å². The van der Waals surface area contributed by atoms with Crippen LogP contribution in [0.4, 0.5) is 0 Å². The van der Waals surface area contributed by atoms with E-state index in [1.807, 2.05) is 18.2 Å². The Morgan fingerprint density at radius 3 is 2.41 bits per heavy atom. The summed E-state index contributed by atoms with van der Waals surface area (Å²) in [6.07, 6.45) is 0. The summed E-state index contributed by atoms with van der Waals surface area (Å²) in [5.74, 6) is 1.87. The van der Waals surface area contributed by atoms with Gasteiger partial charge in [-0.05, 0) is 18.1 Å². The Bertz CT molecular complexity index is 543. The number of aromatic nitrogens is 1. The van der Waals surface area contributed by atoms with Crippen LogP contribution in [0.3, 0.4) is 0 Å². The maximum Gasteiger partial charge on any atom is 0.145 e. The van der Waals surface area contributed by atoms with Crippen LogP contribution in [0.1, 0.15) is 51.0 Å². The van der Waals surface area contributed by atoms with E-state index in [0.29, 0.717) is 11.8 Å². The number of hydrogen-bond acceptors (Lipinski definition) is 2. The second-order valence-corrected chi connectivity index (χ2v) is 5.69. The van der Waals surface area contributed by atoms with Gasteiger partial charge in [-0.3, -0.25) is 0 Å². The second kappa shape index (κ2) is 4.96. The third kappa shape index (κ3) is 2.55. The van der Waals surface area contributed by atoms with Crippen LogP contribution in [-0.4, -0.2) is 4.37 Å². The van der Waals surface area contributed by atoms with E-state index < -0.39 is 0 Å². The van der Waals surface area contributed by atoms with Gasteiger partial charge in [-0.15, -0.1) is 0 Å². The Kier molecular flexibility index (Phi) is 3.57. The highest BCUT2D eigenvalue weighted by Gasteiger charge is 2.13. The maximum atomic E-state index is 6.09. The van der Waals surface area contributed by atoms with Gasteiger partial charge in [-0.1, -0.05) is 51.4 Å². The van der Waals surface area contributed by atoms with Gasteiger partial charge in [0.1, 0.15) is 11.3 Å². The van der Waals surface area contributed by atoms with Crippen molar-refractivity contribution >= 4 is 21.8 Å². The van der Waals surface area contributed by atoms with Crippen LogP contribution >= 0.6 is 11.5 Å². The largest absolute Gasteiger partial charge is 0.458 e. The molecule has 0 atom stereocenters. The molecule has 2 nitrogen and oxygen atoms in total. The van der Waals surface area contributed by atoms with Crippen molar-refractivity contribution in [1.82, 2.24) is 4.37 Å². The highest BCUT2D eigenvalue weighted by atomic mass is 32.1. The van der Waals surface area contributed by atoms with E-state index in [1.54, 1.807) is 11.5 Å². The zero-order chi connectivity index (χ0) is 12.4. The van der Waals surface area contributed by atoms with Gasteiger partial charge in [0.15, 0.2) is 0 Å². The molecule has 0 aliphatic carbocycles. The Morgan fingerprint density at radius 1 is 1.06 bits per heavy atom. The zero-order valence-corrected chi connectivity index (χ0v) is 11.6. The predicted octanol–water partition coefficient (Wildman–Crippen LogP) is 5.19. The quantitative estimate of drug-likeness (QED) is 0.779. The van der Waals surface area contributed by atoms with Crippen LogP contribution in [0.15, 0.2) is 28.7 Å². The van der Waals surface area contributed by atoms with E-state index in [9.17, 15) is 0 Å². The van der Waals surface area contributed by atoms with Crippen molar-refractivity contribution in [2.45, 2.75) is 39.5 Å². The third-order valence-corrected chi connectivity index (χ3v) is 3.59. The molecule has 0 bridgehead atoms. The second-order valence-electron chi connectivity index (χ2n) is 4.84. The third-order valence-electron chi connectivity index (χ3n) is 2.71. The number of rotatable bonds is 2. The van der Waals surface area contributed by atoms with Crippen molar-refractivity contribution in [2.24, 2.45) is 0 Å². The molecule has 2 rings (SSSR count). The molecule has 3 heteroatoms. The Hall–Kier alpha value is -1.22. The number of fused-ring (bicyclic) bond motifs is 1. The Balaban J connectivity index is 2.78. The van der Waals surface area contributed by atoms with Crippen molar-refractivity contribution in [2.75, 3.05) is 0 Å². The average Bonchev–Trinajstić information content (AvgIpc) is 2.47. The van der Waals surface area contributed by atoms with Crippen LogP contribution in [-0.2, 0) is 0 Å². The lowest BCUT2D eigenvalue weighted by Crippen LogP contribution is -1.97. The summed E-state index contributed by atoms with van der Waals surface area (Å²) in [4.78, 5) is 0. The van der Waals surface area contributed by atoms with Crippen LogP contribution in [0.25, 0.3) is 10.3 Å². The fourth-order valence-corrected chi connectivity index (χ4v) is 2.70. The molecule has 1 aromatic heterocycles. The standard InChI is InChI=1S/C14H19NOS/c1-9(2)13-14(10(3)4)16-11-7-5-6-8-12(11)17-15-13/h5-10,15H,1-4H3. The van der Waals surface area contributed by atoms with Crippen LogP contribution in [0.5, 0.6) is 0 Å². The molecule has 0 radical (unpaired) electrons. The molecule has 0 saturated heterocycles. The van der Waals surface area contributed by atoms with Gasteiger partial charge < -0.3 is 8.79 Å². The van der Waals surface area contributed by atoms with Gasteiger partial charge in [0, 0.05) is 5.92 Å². The molecule has 0 aliphatic heterocycles. The number of para-hydroxylation sites is 1. The van der Waals surface area contributed by atoms with Crippen LogP contribution < -0.4 is 0 Å². The first kappa shape index (κ1) is 12.2. The average molecular weight is 249 g/mol. The van der Waals surface area contributed by atoms with Crippen LogP contribution in [0, 0.1) is 0 Å². The summed E-state index contributed by atoms with van der Waals surface area (Å²) >= 11 is 1.63. The van der Waals surface area contributed by atoms with Gasteiger partial charge in [-0.2, -0.15) is 0 Å². The minimum Gasteiger partial charge on any atom is -0.458 e. The van der Waals surface area contributed by atoms with Crippen molar-refractivity contribution in [3.05, 3.63) is 35.7 Å². The molecule has 92 valence electrons. The molecular formula is C14H19NOS. The lowest BCUT2D eigenvalue weighted by atomic mass is 10.0. The summed E-state index contributed by atoms with van der Waals surface area (Å²) in [5.41, 5.74) is 2.14. The minimum absolute atomic E-state index is 0.381. The number of benzene rings is 1. The van der Waals surface area contributed by atoms with Crippen molar-refractivity contribution < 1.29 is 4.42 Å². The van der Waals surface area contributed by atoms with E-state index in [1.165, 1.54) is 5.69 Å². The molecule has 0 unspecified atom stereocenters. The molecule has 0 aliphatic rings. The Morgan fingerprint density at radius 2 is 1.76 bits per heavy atom. The first-order valence-electron chi connectivity index (χ1n) is 6.03. The topological polar surface area (TPSA) is 28.9 Å². The number of H-pyrrole nitrogens is 1. The molecule has 17 heavy (non-hydrogen) atoms. The summed E-state index contributed by atoms with van der Waals surface area (Å²) < 4.78 is 10.7. The molecular weight excluding hydrogens is 230 g/mol. The summed E-state index contributed by atoms with van der Waals surface area (Å²) in [6.45, 7) is 8.70. The summed E-state index contributed by atoms with van der Waals surface area (Å²) in [6, 6.07) is 8.15. The van der Waals surface area contributed by atoms with Gasteiger partial charge >= 0.3 is 0 Å².